The van der Waals surface area contributed by atoms with Gasteiger partial charge in [-0.25, -0.2) is 0 Å². The summed E-state index contributed by atoms with van der Waals surface area (Å²) in [7, 11) is 0. The average Bonchev–Trinajstić information content (AvgIpc) is 2.11. The summed E-state index contributed by atoms with van der Waals surface area (Å²) >= 11 is 0. The van der Waals surface area contributed by atoms with Gasteiger partial charge in [-0.1, -0.05) is 12.5 Å². The average molecular weight is 123 g/mol. The normalized spacial score (nSPS) is 34.0. The minimum atomic E-state index is 0.804. The Balaban J connectivity index is 1.85. The number of hydrogen-bond acceptors (Lipinski definition) is 1. The van der Waals surface area contributed by atoms with Crippen molar-refractivity contribution >= 4 is 0 Å². The van der Waals surface area contributed by atoms with Gasteiger partial charge in [0.15, 0.2) is 0 Å². The van der Waals surface area contributed by atoms with E-state index in [0.29, 0.717) is 0 Å². The van der Waals surface area contributed by atoms with Crippen molar-refractivity contribution < 1.29 is 0 Å². The molecule has 0 saturated heterocycles. The highest BCUT2D eigenvalue weighted by Gasteiger charge is 2.26. The molecule has 1 fully saturated rings. The Morgan fingerprint density at radius 3 is 2.67 bits per heavy atom. The topological polar surface area (TPSA) is 12.0 Å². The fraction of sp³-hybridized carbons (Fsp3) is 0.750. The summed E-state index contributed by atoms with van der Waals surface area (Å²) in [5.41, 5.74) is 0. The first-order valence-electron chi connectivity index (χ1n) is 3.88. The van der Waals surface area contributed by atoms with Gasteiger partial charge < -0.3 is 5.32 Å². The molecule has 0 aromatic carbocycles. The molecule has 50 valence electrons. The van der Waals surface area contributed by atoms with Crippen LogP contribution in [0.4, 0.5) is 0 Å². The second-order valence-electron chi connectivity index (χ2n) is 3.10. The molecule has 1 heteroatoms. The Bertz CT molecular complexity index is 117. The Morgan fingerprint density at radius 1 is 1.33 bits per heavy atom. The van der Waals surface area contributed by atoms with E-state index in [1.165, 1.54) is 25.7 Å². The Hall–Kier alpha value is -0.460. The second-order valence-corrected chi connectivity index (χ2v) is 3.10. The molecule has 2 aliphatic rings. The van der Waals surface area contributed by atoms with E-state index in [1.807, 2.05) is 0 Å². The van der Waals surface area contributed by atoms with Crippen LogP contribution in [0.2, 0.25) is 0 Å². The van der Waals surface area contributed by atoms with Gasteiger partial charge in [-0.2, -0.15) is 0 Å². The Morgan fingerprint density at radius 2 is 2.22 bits per heavy atom. The molecular formula is C8H13N. The maximum atomic E-state index is 3.38. The summed E-state index contributed by atoms with van der Waals surface area (Å²) in [6, 6.07) is 0.804. The van der Waals surface area contributed by atoms with E-state index < -0.39 is 0 Å². The van der Waals surface area contributed by atoms with E-state index in [0.717, 1.165) is 12.0 Å². The Labute approximate surface area is 56.1 Å². The van der Waals surface area contributed by atoms with Crippen LogP contribution < -0.4 is 5.32 Å². The molecule has 9 heavy (non-hydrogen) atoms. The molecule has 1 unspecified atom stereocenters. The second kappa shape index (κ2) is 2.05. The van der Waals surface area contributed by atoms with Crippen molar-refractivity contribution in [2.45, 2.75) is 31.7 Å². The first-order chi connectivity index (χ1) is 4.47. The molecule has 0 aromatic rings. The maximum absolute atomic E-state index is 3.38. The molecule has 1 heterocycles. The molecule has 1 atom stereocenters. The summed E-state index contributed by atoms with van der Waals surface area (Å²) in [5.74, 6) is 1.000. The standard InChI is InChI=1S/C8H13N/c1-3-7(4-1)8-5-2-6-9-8/h2,6-9H,1,3-5H2. The number of hydrogen-bond donors (Lipinski definition) is 1. The molecule has 1 nitrogen and oxygen atoms in total. The van der Waals surface area contributed by atoms with Crippen LogP contribution >= 0.6 is 0 Å². The quantitative estimate of drug-likeness (QED) is 0.559. The predicted molar refractivity (Wildman–Crippen MR) is 38.0 cm³/mol. The molecular weight excluding hydrogens is 110 g/mol. The van der Waals surface area contributed by atoms with E-state index in [2.05, 4.69) is 17.6 Å². The number of nitrogens with one attached hydrogen (secondary N) is 1. The minimum Gasteiger partial charge on any atom is -0.388 e. The molecule has 0 aromatic heterocycles. The summed E-state index contributed by atoms with van der Waals surface area (Å²) in [5, 5.41) is 3.38. The van der Waals surface area contributed by atoms with Crippen LogP contribution in [0.5, 0.6) is 0 Å². The van der Waals surface area contributed by atoms with Crippen LogP contribution in [0.3, 0.4) is 0 Å². The SMILES string of the molecule is C1=CNC(C2CCC2)C1. The van der Waals surface area contributed by atoms with Gasteiger partial charge in [-0.05, 0) is 31.4 Å². The van der Waals surface area contributed by atoms with Crippen LogP contribution in [0.25, 0.3) is 0 Å². The zero-order valence-corrected chi connectivity index (χ0v) is 5.64. The fourth-order valence-electron chi connectivity index (χ4n) is 1.65. The smallest absolute Gasteiger partial charge is 0.0318 e. The van der Waals surface area contributed by atoms with Gasteiger partial charge in [0.2, 0.25) is 0 Å². The fourth-order valence-corrected chi connectivity index (χ4v) is 1.65. The van der Waals surface area contributed by atoms with Gasteiger partial charge in [-0.3, -0.25) is 0 Å². The largest absolute Gasteiger partial charge is 0.388 e. The van der Waals surface area contributed by atoms with Crippen molar-refractivity contribution in [2.75, 3.05) is 0 Å². The van der Waals surface area contributed by atoms with Crippen LogP contribution in [-0.2, 0) is 0 Å². The van der Waals surface area contributed by atoms with Crippen molar-refractivity contribution in [1.82, 2.24) is 5.32 Å². The first-order valence-corrected chi connectivity index (χ1v) is 3.88. The third kappa shape index (κ3) is 0.846. The zero-order chi connectivity index (χ0) is 6.10. The molecule has 0 amide bonds. The van der Waals surface area contributed by atoms with Gasteiger partial charge >= 0.3 is 0 Å². The minimum absolute atomic E-state index is 0.804. The van der Waals surface area contributed by atoms with Gasteiger partial charge in [0.05, 0.1) is 0 Å². The summed E-state index contributed by atoms with van der Waals surface area (Å²) in [6.07, 6.45) is 9.98. The summed E-state index contributed by atoms with van der Waals surface area (Å²) in [6.45, 7) is 0. The van der Waals surface area contributed by atoms with Crippen molar-refractivity contribution in [1.29, 1.82) is 0 Å². The third-order valence-corrected chi connectivity index (χ3v) is 2.54. The molecule has 1 saturated carbocycles. The van der Waals surface area contributed by atoms with E-state index in [4.69, 9.17) is 0 Å². The molecule has 0 spiro atoms. The van der Waals surface area contributed by atoms with Gasteiger partial charge in [0.25, 0.3) is 0 Å². The van der Waals surface area contributed by atoms with Crippen molar-refractivity contribution in [3.05, 3.63) is 12.3 Å². The van der Waals surface area contributed by atoms with E-state index in [-0.39, 0.29) is 0 Å². The lowest BCUT2D eigenvalue weighted by Crippen LogP contribution is -2.33. The van der Waals surface area contributed by atoms with Crippen molar-refractivity contribution in [3.63, 3.8) is 0 Å². The molecule has 2 rings (SSSR count). The lowest BCUT2D eigenvalue weighted by Gasteiger charge is -2.31. The zero-order valence-electron chi connectivity index (χ0n) is 5.64. The highest BCUT2D eigenvalue weighted by Crippen LogP contribution is 2.32. The monoisotopic (exact) mass is 123 g/mol. The highest BCUT2D eigenvalue weighted by molar-refractivity contribution is 4.99. The molecule has 1 N–H and O–H groups in total. The first kappa shape index (κ1) is 5.33. The van der Waals surface area contributed by atoms with Gasteiger partial charge in [-0.15, -0.1) is 0 Å². The van der Waals surface area contributed by atoms with Crippen LogP contribution in [0, 0.1) is 5.92 Å². The summed E-state index contributed by atoms with van der Waals surface area (Å²) < 4.78 is 0. The van der Waals surface area contributed by atoms with Gasteiger partial charge in [0.1, 0.15) is 0 Å². The van der Waals surface area contributed by atoms with Gasteiger partial charge in [0, 0.05) is 6.04 Å². The maximum Gasteiger partial charge on any atom is 0.0318 e. The number of rotatable bonds is 1. The van der Waals surface area contributed by atoms with Crippen molar-refractivity contribution in [3.8, 4) is 0 Å². The third-order valence-electron chi connectivity index (χ3n) is 2.54. The van der Waals surface area contributed by atoms with Crippen LogP contribution in [-0.4, -0.2) is 6.04 Å². The van der Waals surface area contributed by atoms with Crippen LogP contribution in [0.15, 0.2) is 12.3 Å². The molecule has 0 radical (unpaired) electrons. The van der Waals surface area contributed by atoms with Crippen LogP contribution in [0.1, 0.15) is 25.7 Å². The molecule has 1 aliphatic carbocycles. The van der Waals surface area contributed by atoms with E-state index >= 15 is 0 Å². The highest BCUT2D eigenvalue weighted by atomic mass is 14.9. The lowest BCUT2D eigenvalue weighted by atomic mass is 9.79. The summed E-state index contributed by atoms with van der Waals surface area (Å²) in [4.78, 5) is 0. The molecule has 0 bridgehead atoms. The predicted octanol–water partition coefficient (Wildman–Crippen LogP) is 1.66. The van der Waals surface area contributed by atoms with E-state index in [9.17, 15) is 0 Å². The Kier molecular flexibility index (Phi) is 1.22. The van der Waals surface area contributed by atoms with E-state index in [1.54, 1.807) is 0 Å². The molecule has 1 aliphatic heterocycles. The van der Waals surface area contributed by atoms with Crippen molar-refractivity contribution in [2.24, 2.45) is 5.92 Å². The lowest BCUT2D eigenvalue weighted by molar-refractivity contribution is 0.250.